The van der Waals surface area contributed by atoms with Gasteiger partial charge in [-0.1, -0.05) is 131 Å². The lowest BCUT2D eigenvalue weighted by Crippen LogP contribution is -2.66. The minimum absolute atomic E-state index is 0.0254. The van der Waals surface area contributed by atoms with Crippen molar-refractivity contribution in [1.29, 1.82) is 0 Å². The number of ether oxygens (including phenoxy) is 1. The largest absolute Gasteiger partial charge is 0.405 e. The zero-order valence-electron chi connectivity index (χ0n) is 30.5. The summed E-state index contributed by atoms with van der Waals surface area (Å²) in [5.41, 5.74) is 4.14. The first-order valence-corrected chi connectivity index (χ1v) is 19.9. The highest BCUT2D eigenvalue weighted by Gasteiger charge is 2.50. The second-order valence-electron chi connectivity index (χ2n) is 14.3. The third-order valence-corrected chi connectivity index (χ3v) is 15.1. The minimum Gasteiger partial charge on any atom is -0.405 e. The van der Waals surface area contributed by atoms with Crippen molar-refractivity contribution in [3.63, 3.8) is 0 Å². The predicted octanol–water partition coefficient (Wildman–Crippen LogP) is 7.32. The van der Waals surface area contributed by atoms with Crippen LogP contribution in [0.25, 0.3) is 11.4 Å². The van der Waals surface area contributed by atoms with E-state index in [4.69, 9.17) is 14.1 Å². The van der Waals surface area contributed by atoms with Gasteiger partial charge in [-0.3, -0.25) is 9.59 Å². The molecular weight excluding hydrogens is 651 g/mol. The van der Waals surface area contributed by atoms with Crippen LogP contribution in [0.4, 0.5) is 0 Å². The highest BCUT2D eigenvalue weighted by atomic mass is 28.4. The molecule has 5 aromatic rings. The summed E-state index contributed by atoms with van der Waals surface area (Å²) in [6, 6.07) is 37.3. The number of amides is 1. The number of aromatic nitrogens is 2. The standard InChI is InChI=1S/C43H49N3O4Si/c1-6-35-29-33-17-13-14-18-34(33)30-46(35)42(48)39-24-16-15-23-38(39)41-44-40(32(2)47)31-45(41)25-26-49-27-28-50-51(43(3,4)5,36-19-9-7-10-20-36)37-21-11-8-12-22-37/h7-24,31,35H,6,25-30H2,1-5H3/t35-/m1/s1. The summed E-state index contributed by atoms with van der Waals surface area (Å²) < 4.78 is 15.1. The molecule has 8 heteroatoms. The van der Waals surface area contributed by atoms with Crippen LogP contribution in [0.2, 0.25) is 5.04 Å². The molecule has 2 heterocycles. The number of carbonyl (C=O) groups excluding carboxylic acids is 2. The summed E-state index contributed by atoms with van der Waals surface area (Å²) >= 11 is 0. The summed E-state index contributed by atoms with van der Waals surface area (Å²) in [5, 5.41) is 2.34. The summed E-state index contributed by atoms with van der Waals surface area (Å²) in [5.74, 6) is 0.432. The van der Waals surface area contributed by atoms with Crippen molar-refractivity contribution >= 4 is 30.4 Å². The molecule has 0 spiro atoms. The summed E-state index contributed by atoms with van der Waals surface area (Å²) in [7, 11) is -2.66. The number of fused-ring (bicyclic) bond motifs is 1. The number of carbonyl (C=O) groups is 2. The van der Waals surface area contributed by atoms with Gasteiger partial charge in [-0.2, -0.15) is 0 Å². The molecule has 51 heavy (non-hydrogen) atoms. The number of Topliss-reactive ketones (excluding diaryl/α,β-unsaturated/α-hetero) is 1. The Kier molecular flexibility index (Phi) is 11.1. The molecule has 6 rings (SSSR count). The number of nitrogens with zero attached hydrogens (tertiary/aromatic N) is 3. The molecule has 0 N–H and O–H groups in total. The van der Waals surface area contributed by atoms with Crippen molar-refractivity contribution in [2.45, 2.75) is 71.6 Å². The number of ketones is 1. The van der Waals surface area contributed by atoms with Gasteiger partial charge in [0.2, 0.25) is 0 Å². The van der Waals surface area contributed by atoms with Gasteiger partial charge < -0.3 is 18.6 Å². The molecule has 1 aromatic heterocycles. The van der Waals surface area contributed by atoms with E-state index in [0.717, 1.165) is 12.8 Å². The van der Waals surface area contributed by atoms with Crippen LogP contribution in [0.5, 0.6) is 0 Å². The van der Waals surface area contributed by atoms with Gasteiger partial charge in [0.1, 0.15) is 11.5 Å². The van der Waals surface area contributed by atoms with Crippen molar-refractivity contribution in [3.8, 4) is 11.4 Å². The van der Waals surface area contributed by atoms with Gasteiger partial charge >= 0.3 is 0 Å². The summed E-state index contributed by atoms with van der Waals surface area (Å²) in [6.07, 6.45) is 3.47. The highest BCUT2D eigenvalue weighted by molar-refractivity contribution is 6.99. The van der Waals surface area contributed by atoms with E-state index in [-0.39, 0.29) is 22.8 Å². The molecule has 0 bridgehead atoms. The Morgan fingerprint density at radius 1 is 0.804 bits per heavy atom. The molecule has 0 fully saturated rings. The fraction of sp³-hybridized carbons (Fsp3) is 0.326. The predicted molar refractivity (Wildman–Crippen MR) is 206 cm³/mol. The van der Waals surface area contributed by atoms with Crippen molar-refractivity contribution in [2.24, 2.45) is 0 Å². The SMILES string of the molecule is CC[C@@H]1Cc2ccccc2CN1C(=O)c1ccccc1-c1nc(C(C)=O)cn1CCOCCO[Si](c1ccccc1)(c1ccccc1)C(C)(C)C. The molecule has 1 aliphatic rings. The second kappa shape index (κ2) is 15.7. The van der Waals surface area contributed by atoms with Gasteiger partial charge in [0, 0.05) is 37.8 Å². The second-order valence-corrected chi connectivity index (χ2v) is 18.6. The third kappa shape index (κ3) is 7.54. The Morgan fingerprint density at radius 3 is 2.04 bits per heavy atom. The first kappa shape index (κ1) is 36.2. The summed E-state index contributed by atoms with van der Waals surface area (Å²) in [4.78, 5) is 33.6. The molecule has 1 amide bonds. The molecule has 0 saturated carbocycles. The molecule has 4 aromatic carbocycles. The molecule has 0 aliphatic carbocycles. The third-order valence-electron chi connectivity index (χ3n) is 10.1. The fourth-order valence-electron chi connectivity index (χ4n) is 7.46. The van der Waals surface area contributed by atoms with Gasteiger partial charge in [0.05, 0.1) is 25.4 Å². The molecule has 0 unspecified atom stereocenters. The number of hydrogen-bond donors (Lipinski definition) is 0. The maximum atomic E-state index is 14.3. The first-order chi connectivity index (χ1) is 24.6. The molecule has 0 radical (unpaired) electrons. The van der Waals surface area contributed by atoms with Crippen LogP contribution in [0.3, 0.4) is 0 Å². The van der Waals surface area contributed by atoms with Crippen LogP contribution in [0.1, 0.15) is 73.0 Å². The zero-order valence-corrected chi connectivity index (χ0v) is 31.5. The lowest BCUT2D eigenvalue weighted by Gasteiger charge is -2.43. The van der Waals surface area contributed by atoms with Crippen molar-refractivity contribution in [2.75, 3.05) is 19.8 Å². The highest BCUT2D eigenvalue weighted by Crippen LogP contribution is 2.37. The van der Waals surface area contributed by atoms with E-state index in [0.29, 0.717) is 55.6 Å². The quantitative estimate of drug-likeness (QED) is 0.0732. The number of rotatable bonds is 13. The van der Waals surface area contributed by atoms with E-state index in [9.17, 15) is 9.59 Å². The first-order valence-electron chi connectivity index (χ1n) is 18.0. The lowest BCUT2D eigenvalue weighted by molar-refractivity contribution is 0.0635. The van der Waals surface area contributed by atoms with Gasteiger partial charge in [-0.25, -0.2) is 4.98 Å². The Bertz CT molecular complexity index is 1910. The average molecular weight is 700 g/mol. The van der Waals surface area contributed by atoms with E-state index >= 15 is 0 Å². The van der Waals surface area contributed by atoms with Crippen LogP contribution >= 0.6 is 0 Å². The molecule has 7 nitrogen and oxygen atoms in total. The number of benzene rings is 4. The normalized spacial score (nSPS) is 14.7. The maximum Gasteiger partial charge on any atom is 0.261 e. The summed E-state index contributed by atoms with van der Waals surface area (Å²) in [6.45, 7) is 12.7. The minimum atomic E-state index is -2.66. The van der Waals surface area contributed by atoms with Crippen molar-refractivity contribution in [3.05, 3.63) is 138 Å². The van der Waals surface area contributed by atoms with E-state index in [2.05, 4.69) is 94.4 Å². The molecule has 1 aliphatic heterocycles. The lowest BCUT2D eigenvalue weighted by atomic mass is 9.91. The van der Waals surface area contributed by atoms with Gasteiger partial charge in [0.15, 0.2) is 5.78 Å². The topological polar surface area (TPSA) is 73.7 Å². The zero-order chi connectivity index (χ0) is 36.0. The van der Waals surface area contributed by atoms with Gasteiger partial charge in [0.25, 0.3) is 14.2 Å². The monoisotopic (exact) mass is 699 g/mol. The van der Waals surface area contributed by atoms with E-state index < -0.39 is 8.32 Å². The van der Waals surface area contributed by atoms with Crippen LogP contribution in [-0.2, 0) is 28.7 Å². The molecule has 1 atom stereocenters. The molecule has 264 valence electrons. The number of hydrogen-bond acceptors (Lipinski definition) is 5. The van der Waals surface area contributed by atoms with E-state index in [1.54, 1.807) is 6.20 Å². The van der Waals surface area contributed by atoms with E-state index in [1.165, 1.54) is 28.4 Å². The van der Waals surface area contributed by atoms with Crippen LogP contribution < -0.4 is 10.4 Å². The Balaban J connectivity index is 1.19. The van der Waals surface area contributed by atoms with Crippen molar-refractivity contribution in [1.82, 2.24) is 14.5 Å². The van der Waals surface area contributed by atoms with Crippen LogP contribution in [0.15, 0.2) is 115 Å². The Labute approximate surface area is 303 Å². The van der Waals surface area contributed by atoms with Crippen LogP contribution in [0, 0.1) is 0 Å². The van der Waals surface area contributed by atoms with Gasteiger partial charge in [-0.15, -0.1) is 0 Å². The maximum absolute atomic E-state index is 14.3. The molecular formula is C43H49N3O4Si. The average Bonchev–Trinajstić information content (AvgIpc) is 3.58. The van der Waals surface area contributed by atoms with Crippen LogP contribution in [-0.4, -0.2) is 60.3 Å². The number of imidazole rings is 1. The smallest absolute Gasteiger partial charge is 0.261 e. The van der Waals surface area contributed by atoms with Gasteiger partial charge in [-0.05, 0) is 45.4 Å². The Morgan fingerprint density at radius 2 is 1.41 bits per heavy atom. The fourth-order valence-corrected chi connectivity index (χ4v) is 12.0. The van der Waals surface area contributed by atoms with E-state index in [1.807, 2.05) is 51.9 Å². The van der Waals surface area contributed by atoms with Crippen molar-refractivity contribution < 1.29 is 18.8 Å². The molecule has 0 saturated heterocycles. The Hall–Kier alpha value is -4.63.